The zero-order chi connectivity index (χ0) is 12.2. The highest BCUT2D eigenvalue weighted by molar-refractivity contribution is 7.80. The first-order chi connectivity index (χ1) is 7.45. The van der Waals surface area contributed by atoms with Crippen molar-refractivity contribution in [1.82, 2.24) is 10.2 Å². The number of nitrogens with one attached hydrogen (secondary N) is 1. The molecule has 2 nitrogen and oxygen atoms in total. The Morgan fingerprint density at radius 3 is 2.75 bits per heavy atom. The second-order valence-corrected chi connectivity index (χ2v) is 5.54. The highest BCUT2D eigenvalue weighted by Crippen LogP contribution is 2.29. The van der Waals surface area contributed by atoms with Crippen molar-refractivity contribution in [2.75, 3.05) is 19.6 Å². The molecular formula is C13H22N2S. The highest BCUT2D eigenvalue weighted by atomic mass is 32.1. The first kappa shape index (κ1) is 13.2. The largest absolute Gasteiger partial charge is 0.359 e. The highest BCUT2D eigenvalue weighted by Gasteiger charge is 2.21. The van der Waals surface area contributed by atoms with Crippen LogP contribution in [0.3, 0.4) is 0 Å². The van der Waals surface area contributed by atoms with Gasteiger partial charge in [-0.05, 0) is 24.1 Å². The van der Waals surface area contributed by atoms with Crippen LogP contribution in [0.15, 0.2) is 24.3 Å². The molecule has 90 valence electrons. The first-order valence-corrected chi connectivity index (χ1v) is 6.19. The third kappa shape index (κ3) is 3.63. The molecule has 0 amide bonds. The molecule has 0 bridgehead atoms. The van der Waals surface area contributed by atoms with Gasteiger partial charge in [-0.2, -0.15) is 0 Å². The van der Waals surface area contributed by atoms with Gasteiger partial charge in [-0.3, -0.25) is 0 Å². The van der Waals surface area contributed by atoms with E-state index in [0.29, 0.717) is 5.41 Å². The second kappa shape index (κ2) is 5.48. The van der Waals surface area contributed by atoms with Crippen LogP contribution in [0.2, 0.25) is 0 Å². The molecule has 0 aromatic heterocycles. The van der Waals surface area contributed by atoms with E-state index < -0.39 is 0 Å². The van der Waals surface area contributed by atoms with E-state index in [9.17, 15) is 0 Å². The van der Waals surface area contributed by atoms with Gasteiger partial charge in [0.25, 0.3) is 0 Å². The van der Waals surface area contributed by atoms with Crippen LogP contribution in [0.4, 0.5) is 0 Å². The maximum absolute atomic E-state index is 5.31. The Bertz CT molecular complexity index is 300. The average molecular weight is 238 g/mol. The minimum atomic E-state index is 0.294. The molecule has 0 saturated carbocycles. The molecule has 1 heterocycles. The molecule has 16 heavy (non-hydrogen) atoms. The van der Waals surface area contributed by atoms with Crippen molar-refractivity contribution in [2.45, 2.75) is 27.2 Å². The summed E-state index contributed by atoms with van der Waals surface area (Å²) in [6, 6.07) is 0. The Hall–Kier alpha value is -0.830. The molecule has 1 aliphatic rings. The Balaban J connectivity index is 2.51. The minimum absolute atomic E-state index is 0.294. The molecular weight excluding hydrogens is 216 g/mol. The van der Waals surface area contributed by atoms with Crippen LogP contribution >= 0.6 is 12.2 Å². The summed E-state index contributed by atoms with van der Waals surface area (Å²) in [7, 11) is 0. The van der Waals surface area contributed by atoms with Gasteiger partial charge in [0.15, 0.2) is 5.11 Å². The van der Waals surface area contributed by atoms with Gasteiger partial charge in [0.05, 0.1) is 0 Å². The number of thiocarbonyl (C=S) groups is 1. The lowest BCUT2D eigenvalue weighted by atomic mass is 9.83. The topological polar surface area (TPSA) is 15.3 Å². The van der Waals surface area contributed by atoms with Crippen LogP contribution in [0.25, 0.3) is 0 Å². The van der Waals surface area contributed by atoms with E-state index in [1.165, 1.54) is 5.57 Å². The predicted octanol–water partition coefficient (Wildman–Crippen LogP) is 2.73. The lowest BCUT2D eigenvalue weighted by molar-refractivity contribution is 0.388. The monoisotopic (exact) mass is 238 g/mol. The summed E-state index contributed by atoms with van der Waals surface area (Å²) >= 11 is 5.31. The molecule has 1 aliphatic heterocycles. The van der Waals surface area contributed by atoms with Crippen molar-refractivity contribution >= 4 is 17.3 Å². The summed E-state index contributed by atoms with van der Waals surface area (Å²) in [4.78, 5) is 2.20. The normalized spacial score (nSPS) is 16.7. The van der Waals surface area contributed by atoms with Gasteiger partial charge >= 0.3 is 0 Å². The zero-order valence-corrected chi connectivity index (χ0v) is 11.4. The van der Waals surface area contributed by atoms with E-state index in [0.717, 1.165) is 31.2 Å². The fourth-order valence-electron chi connectivity index (χ4n) is 1.81. The van der Waals surface area contributed by atoms with Crippen LogP contribution in [0.5, 0.6) is 0 Å². The molecule has 0 fully saturated rings. The molecule has 0 unspecified atom stereocenters. The third-order valence-corrected chi connectivity index (χ3v) is 3.26. The van der Waals surface area contributed by atoms with Crippen molar-refractivity contribution in [1.29, 1.82) is 0 Å². The number of nitrogens with zero attached hydrogens (tertiary/aromatic N) is 1. The SMILES string of the molecule is C=CCNC(=S)N1CC=C(C(C)(C)C)CC1. The van der Waals surface area contributed by atoms with Gasteiger partial charge in [-0.25, -0.2) is 0 Å². The fraction of sp³-hybridized carbons (Fsp3) is 0.615. The van der Waals surface area contributed by atoms with Gasteiger partial charge in [0.2, 0.25) is 0 Å². The third-order valence-electron chi connectivity index (χ3n) is 2.86. The average Bonchev–Trinajstić information content (AvgIpc) is 2.25. The van der Waals surface area contributed by atoms with Crippen molar-refractivity contribution < 1.29 is 0 Å². The summed E-state index contributed by atoms with van der Waals surface area (Å²) < 4.78 is 0. The lowest BCUT2D eigenvalue weighted by Crippen LogP contribution is -2.42. The van der Waals surface area contributed by atoms with Crippen LogP contribution in [0, 0.1) is 5.41 Å². The van der Waals surface area contributed by atoms with E-state index in [-0.39, 0.29) is 0 Å². The van der Waals surface area contributed by atoms with Gasteiger partial charge in [0, 0.05) is 19.6 Å². The number of hydrogen-bond acceptors (Lipinski definition) is 1. The van der Waals surface area contributed by atoms with Crippen molar-refractivity contribution in [3.8, 4) is 0 Å². The van der Waals surface area contributed by atoms with E-state index >= 15 is 0 Å². The second-order valence-electron chi connectivity index (χ2n) is 5.15. The smallest absolute Gasteiger partial charge is 0.169 e. The maximum Gasteiger partial charge on any atom is 0.169 e. The summed E-state index contributed by atoms with van der Waals surface area (Å²) in [6.07, 6.45) is 5.25. The maximum atomic E-state index is 5.31. The summed E-state index contributed by atoms with van der Waals surface area (Å²) in [6.45, 7) is 13.2. The first-order valence-electron chi connectivity index (χ1n) is 5.78. The van der Waals surface area contributed by atoms with E-state index in [1.807, 2.05) is 6.08 Å². The summed E-state index contributed by atoms with van der Waals surface area (Å²) in [5.41, 5.74) is 1.83. The molecule has 1 rings (SSSR count). The van der Waals surface area contributed by atoms with E-state index in [1.54, 1.807) is 0 Å². The molecule has 0 aliphatic carbocycles. The zero-order valence-electron chi connectivity index (χ0n) is 10.5. The Morgan fingerprint density at radius 1 is 1.62 bits per heavy atom. The number of hydrogen-bond donors (Lipinski definition) is 1. The summed E-state index contributed by atoms with van der Waals surface area (Å²) in [5, 5.41) is 4.00. The molecule has 0 atom stereocenters. The van der Waals surface area contributed by atoms with Gasteiger partial charge in [-0.1, -0.05) is 38.5 Å². The van der Waals surface area contributed by atoms with Crippen molar-refractivity contribution in [2.24, 2.45) is 5.41 Å². The summed E-state index contributed by atoms with van der Waals surface area (Å²) in [5.74, 6) is 0. The van der Waals surface area contributed by atoms with Crippen LogP contribution in [-0.4, -0.2) is 29.6 Å². The van der Waals surface area contributed by atoms with E-state index in [4.69, 9.17) is 12.2 Å². The quantitative estimate of drug-likeness (QED) is 0.588. The van der Waals surface area contributed by atoms with Crippen molar-refractivity contribution in [3.05, 3.63) is 24.3 Å². The fourth-order valence-corrected chi connectivity index (χ4v) is 2.06. The molecule has 0 aromatic carbocycles. The molecule has 1 N–H and O–H groups in total. The predicted molar refractivity (Wildman–Crippen MR) is 74.5 cm³/mol. The molecule has 0 saturated heterocycles. The Kier molecular flexibility index (Phi) is 4.54. The number of rotatable bonds is 2. The van der Waals surface area contributed by atoms with Gasteiger partial charge in [-0.15, -0.1) is 6.58 Å². The standard InChI is InChI=1S/C13H22N2S/c1-5-8-14-12(16)15-9-6-11(7-10-15)13(2,3)4/h5-6H,1,7-10H2,2-4H3,(H,14,16). The molecule has 0 radical (unpaired) electrons. The lowest BCUT2D eigenvalue weighted by Gasteiger charge is -2.33. The van der Waals surface area contributed by atoms with E-state index in [2.05, 4.69) is 43.6 Å². The molecule has 0 aromatic rings. The minimum Gasteiger partial charge on any atom is -0.359 e. The Labute approximate surface area is 104 Å². The Morgan fingerprint density at radius 2 is 2.31 bits per heavy atom. The van der Waals surface area contributed by atoms with Crippen LogP contribution < -0.4 is 5.32 Å². The van der Waals surface area contributed by atoms with Gasteiger partial charge < -0.3 is 10.2 Å². The molecule has 3 heteroatoms. The van der Waals surface area contributed by atoms with Crippen LogP contribution in [0.1, 0.15) is 27.2 Å². The molecule has 0 spiro atoms. The van der Waals surface area contributed by atoms with Crippen molar-refractivity contribution in [3.63, 3.8) is 0 Å². The van der Waals surface area contributed by atoms with Gasteiger partial charge in [0.1, 0.15) is 0 Å². The van der Waals surface area contributed by atoms with Crippen LogP contribution in [-0.2, 0) is 0 Å².